The fraction of sp³-hybridized carbons (Fsp3) is 0.450. The van der Waals surface area contributed by atoms with Gasteiger partial charge in [-0.2, -0.15) is 11.8 Å². The molecule has 23 heavy (non-hydrogen) atoms. The quantitative estimate of drug-likeness (QED) is 0.734. The molecule has 0 aromatic heterocycles. The van der Waals surface area contributed by atoms with Crippen LogP contribution in [0, 0.1) is 5.92 Å². The molecule has 2 bridgehead atoms. The Balaban J connectivity index is 1.74. The second-order valence-electron chi connectivity index (χ2n) is 6.71. The third-order valence-corrected chi connectivity index (χ3v) is 6.89. The molecule has 2 nitrogen and oxygen atoms in total. The lowest BCUT2D eigenvalue weighted by Crippen LogP contribution is -2.33. The smallest absolute Gasteiger partial charge is 0.170 e. The van der Waals surface area contributed by atoms with Gasteiger partial charge in [0.1, 0.15) is 5.75 Å². The van der Waals surface area contributed by atoms with Crippen molar-refractivity contribution in [3.05, 3.63) is 42.0 Å². The molecule has 3 heteroatoms. The Hall–Kier alpha value is -1.48. The van der Waals surface area contributed by atoms with Crippen LogP contribution in [0.15, 0.2) is 36.4 Å². The van der Waals surface area contributed by atoms with E-state index >= 15 is 0 Å². The number of Topliss-reactive ketones (excluding diaryl/α,β-unsaturated/α-hetero) is 1. The summed E-state index contributed by atoms with van der Waals surface area (Å²) in [6.07, 6.45) is 5.95. The molecule has 2 saturated heterocycles. The maximum atomic E-state index is 13.3. The number of carbonyl (C=O) groups is 1. The zero-order valence-corrected chi connectivity index (χ0v) is 14.3. The third-order valence-electron chi connectivity index (χ3n) is 5.26. The predicted octanol–water partition coefficient (Wildman–Crippen LogP) is 5.10. The molecule has 0 amide bonds. The third kappa shape index (κ3) is 2.76. The molecule has 120 valence electrons. The first-order chi connectivity index (χ1) is 11.3. The van der Waals surface area contributed by atoms with Gasteiger partial charge < -0.3 is 4.74 Å². The average molecular weight is 326 g/mol. The van der Waals surface area contributed by atoms with Crippen molar-refractivity contribution in [2.45, 2.75) is 42.6 Å². The lowest BCUT2D eigenvalue weighted by molar-refractivity contribution is 0.0895. The number of hydrogen-bond donors (Lipinski definition) is 0. The number of ketones is 1. The molecule has 0 N–H and O–H groups in total. The second kappa shape index (κ2) is 6.20. The largest absolute Gasteiger partial charge is 0.496 e. The van der Waals surface area contributed by atoms with E-state index in [1.807, 2.05) is 30.3 Å². The number of rotatable bonds is 3. The van der Waals surface area contributed by atoms with E-state index in [4.69, 9.17) is 4.74 Å². The van der Waals surface area contributed by atoms with Crippen LogP contribution in [0.5, 0.6) is 5.75 Å². The van der Waals surface area contributed by atoms with Gasteiger partial charge in [0.05, 0.1) is 12.7 Å². The SMILES string of the molecule is COc1ccc2ccccc2c1C(=O)C1CC2CCCC(C1)S2. The molecule has 2 aliphatic heterocycles. The van der Waals surface area contributed by atoms with Crippen molar-refractivity contribution in [2.24, 2.45) is 5.92 Å². The number of hydrogen-bond acceptors (Lipinski definition) is 3. The van der Waals surface area contributed by atoms with E-state index in [0.717, 1.165) is 34.9 Å². The zero-order chi connectivity index (χ0) is 15.8. The van der Waals surface area contributed by atoms with Crippen LogP contribution < -0.4 is 4.74 Å². The fourth-order valence-corrected chi connectivity index (χ4v) is 5.99. The summed E-state index contributed by atoms with van der Waals surface area (Å²) in [5.41, 5.74) is 0.792. The summed E-state index contributed by atoms with van der Waals surface area (Å²) >= 11 is 2.12. The van der Waals surface area contributed by atoms with E-state index in [2.05, 4.69) is 17.8 Å². The van der Waals surface area contributed by atoms with E-state index in [1.54, 1.807) is 7.11 Å². The van der Waals surface area contributed by atoms with Crippen LogP contribution in [-0.2, 0) is 0 Å². The number of carbonyl (C=O) groups excluding carboxylic acids is 1. The van der Waals surface area contributed by atoms with Gasteiger partial charge in [-0.3, -0.25) is 4.79 Å². The number of thioether (sulfide) groups is 1. The fourth-order valence-electron chi connectivity index (χ4n) is 4.15. The maximum absolute atomic E-state index is 13.3. The Bertz CT molecular complexity index is 727. The first kappa shape index (κ1) is 15.1. The van der Waals surface area contributed by atoms with Gasteiger partial charge in [-0.15, -0.1) is 0 Å². The van der Waals surface area contributed by atoms with Crippen LogP contribution in [0.1, 0.15) is 42.5 Å². The van der Waals surface area contributed by atoms with Gasteiger partial charge in [-0.05, 0) is 42.5 Å². The minimum Gasteiger partial charge on any atom is -0.496 e. The van der Waals surface area contributed by atoms with E-state index in [-0.39, 0.29) is 11.7 Å². The second-order valence-corrected chi connectivity index (χ2v) is 8.31. The summed E-state index contributed by atoms with van der Waals surface area (Å²) < 4.78 is 5.53. The van der Waals surface area contributed by atoms with Gasteiger partial charge in [-0.1, -0.05) is 36.8 Å². The summed E-state index contributed by atoms with van der Waals surface area (Å²) in [4.78, 5) is 13.3. The van der Waals surface area contributed by atoms with Crippen molar-refractivity contribution in [2.75, 3.05) is 7.11 Å². The van der Waals surface area contributed by atoms with Crippen molar-refractivity contribution >= 4 is 28.3 Å². The molecule has 0 spiro atoms. The molecule has 0 saturated carbocycles. The first-order valence-electron chi connectivity index (χ1n) is 8.51. The Morgan fingerprint density at radius 1 is 1.09 bits per heavy atom. The summed E-state index contributed by atoms with van der Waals surface area (Å²) in [6, 6.07) is 12.1. The van der Waals surface area contributed by atoms with Gasteiger partial charge in [-0.25, -0.2) is 0 Å². The molecular formula is C20H22O2S. The minimum absolute atomic E-state index is 0.159. The first-order valence-corrected chi connectivity index (χ1v) is 9.46. The number of fused-ring (bicyclic) bond motifs is 3. The van der Waals surface area contributed by atoms with Crippen molar-refractivity contribution < 1.29 is 9.53 Å². The standard InChI is InChI=1S/C20H22O2S/c1-22-18-10-9-13-5-2-3-8-17(13)19(18)20(21)14-11-15-6-4-7-16(12-14)23-15/h2-3,5,8-10,14-16H,4,6-7,11-12H2,1H3. The van der Waals surface area contributed by atoms with E-state index in [1.165, 1.54) is 19.3 Å². The normalized spacial score (nSPS) is 26.9. The van der Waals surface area contributed by atoms with Crippen molar-refractivity contribution in [3.8, 4) is 5.75 Å². The Labute approximate surface area is 141 Å². The van der Waals surface area contributed by atoms with Crippen molar-refractivity contribution in [1.29, 1.82) is 0 Å². The molecular weight excluding hydrogens is 304 g/mol. The maximum Gasteiger partial charge on any atom is 0.170 e. The number of ether oxygens (including phenoxy) is 1. The van der Waals surface area contributed by atoms with Gasteiger partial charge in [0.15, 0.2) is 5.78 Å². The Morgan fingerprint density at radius 2 is 1.83 bits per heavy atom. The zero-order valence-electron chi connectivity index (χ0n) is 13.5. The summed E-state index contributed by atoms with van der Waals surface area (Å²) in [7, 11) is 1.66. The van der Waals surface area contributed by atoms with Gasteiger partial charge in [0.25, 0.3) is 0 Å². The molecule has 2 aromatic rings. The monoisotopic (exact) mass is 326 g/mol. The molecule has 4 rings (SSSR count). The van der Waals surface area contributed by atoms with Crippen LogP contribution in [0.25, 0.3) is 10.8 Å². The molecule has 2 unspecified atom stereocenters. The lowest BCUT2D eigenvalue weighted by atomic mass is 9.83. The van der Waals surface area contributed by atoms with E-state index in [0.29, 0.717) is 10.5 Å². The molecule has 2 heterocycles. The van der Waals surface area contributed by atoms with Crippen LogP contribution >= 0.6 is 11.8 Å². The molecule has 2 fully saturated rings. The molecule has 2 atom stereocenters. The highest BCUT2D eigenvalue weighted by Gasteiger charge is 2.37. The van der Waals surface area contributed by atoms with Crippen LogP contribution in [0.4, 0.5) is 0 Å². The lowest BCUT2D eigenvalue weighted by Gasteiger charge is -2.38. The molecule has 2 aliphatic rings. The van der Waals surface area contributed by atoms with Crippen LogP contribution in [-0.4, -0.2) is 23.4 Å². The van der Waals surface area contributed by atoms with E-state index in [9.17, 15) is 4.79 Å². The number of benzene rings is 2. The van der Waals surface area contributed by atoms with Crippen molar-refractivity contribution in [3.63, 3.8) is 0 Å². The van der Waals surface area contributed by atoms with Gasteiger partial charge in [0, 0.05) is 16.4 Å². The predicted molar refractivity (Wildman–Crippen MR) is 96.6 cm³/mol. The highest BCUT2D eigenvalue weighted by atomic mass is 32.2. The average Bonchev–Trinajstić information content (AvgIpc) is 2.59. The van der Waals surface area contributed by atoms with Crippen LogP contribution in [0.3, 0.4) is 0 Å². The van der Waals surface area contributed by atoms with E-state index < -0.39 is 0 Å². The summed E-state index contributed by atoms with van der Waals surface area (Å²) in [5, 5.41) is 3.50. The van der Waals surface area contributed by atoms with Crippen LogP contribution in [0.2, 0.25) is 0 Å². The Kier molecular flexibility index (Phi) is 4.06. The minimum atomic E-state index is 0.159. The summed E-state index contributed by atoms with van der Waals surface area (Å²) in [6.45, 7) is 0. The number of methoxy groups -OCH3 is 1. The summed E-state index contributed by atoms with van der Waals surface area (Å²) in [5.74, 6) is 1.17. The van der Waals surface area contributed by atoms with Gasteiger partial charge in [0.2, 0.25) is 0 Å². The van der Waals surface area contributed by atoms with Crippen molar-refractivity contribution in [1.82, 2.24) is 0 Å². The highest BCUT2D eigenvalue weighted by Crippen LogP contribution is 2.45. The topological polar surface area (TPSA) is 26.3 Å². The molecule has 2 aromatic carbocycles. The highest BCUT2D eigenvalue weighted by molar-refractivity contribution is 8.00. The Morgan fingerprint density at radius 3 is 2.57 bits per heavy atom. The molecule has 0 aliphatic carbocycles. The molecule has 0 radical (unpaired) electrons. The van der Waals surface area contributed by atoms with Gasteiger partial charge >= 0.3 is 0 Å².